The number of halogens is 1. The molecule has 0 radical (unpaired) electrons. The maximum atomic E-state index is 6.29. The van der Waals surface area contributed by atoms with Gasteiger partial charge in [0.25, 0.3) is 0 Å². The Morgan fingerprint density at radius 2 is 0.409 bits per heavy atom. The predicted octanol–water partition coefficient (Wildman–Crippen LogP) is 27.5. The summed E-state index contributed by atoms with van der Waals surface area (Å²) >= 11 is 6.23. The van der Waals surface area contributed by atoms with Crippen LogP contribution in [-0.2, 0) is 29.4 Å². The van der Waals surface area contributed by atoms with Crippen molar-refractivity contribution in [2.75, 3.05) is 0 Å². The SMILES string of the molecule is CC1(C)OB(c2ccc(C3(c4ccc(B5OC(C)(C)C(C)(C)O5)cc4)CCCCC3)cc2)OC1(C)C.Clc1cc(-c2ccc(-c3ccccc3)cc2)nc(-c2ccccc2)n1.c1ccc(-c2ccc(-c3cc(-c4ccc(C5(c6ccc(-c7cc(-c8ccc(-c9ccccc9)cc8)nc(-c8ccccc8)n7)cc6)CCCCC5)cc4)nc(-c4ccccc4)n3)cc2)cc1. The van der Waals surface area contributed by atoms with Crippen molar-refractivity contribution in [1.29, 1.82) is 0 Å². The van der Waals surface area contributed by atoms with Gasteiger partial charge in [-0.2, -0.15) is 0 Å². The van der Waals surface area contributed by atoms with Gasteiger partial charge < -0.3 is 18.6 Å². The van der Waals surface area contributed by atoms with Gasteiger partial charge in [0.05, 0.1) is 50.9 Å². The van der Waals surface area contributed by atoms with E-state index in [1.165, 1.54) is 107 Å². The number of aromatic nitrogens is 6. The third-order valence-corrected chi connectivity index (χ3v) is 27.2. The molecule has 16 aromatic rings. The lowest BCUT2D eigenvalue weighted by Gasteiger charge is -2.39. The van der Waals surface area contributed by atoms with Crippen LogP contribution in [0, 0.1) is 0 Å². The molecule has 0 spiro atoms. The molecule has 0 N–H and O–H groups in total. The van der Waals surface area contributed by atoms with Crippen LogP contribution in [-0.4, -0.2) is 66.5 Å². The Morgan fingerprint density at radius 3 is 0.661 bits per heavy atom. The molecule has 0 atom stereocenters. The van der Waals surface area contributed by atoms with Crippen LogP contribution in [0.4, 0.5) is 0 Å². The lowest BCUT2D eigenvalue weighted by Crippen LogP contribution is -2.41. The fraction of sp³-hybridized carbons (Fsp3) is 0.211. The summed E-state index contributed by atoms with van der Waals surface area (Å²) in [7, 11) is -0.656. The first kappa shape index (κ1) is 85.2. The van der Waals surface area contributed by atoms with Gasteiger partial charge in [0.15, 0.2) is 17.5 Å². The van der Waals surface area contributed by atoms with Crippen molar-refractivity contribution in [2.45, 2.75) is 153 Å². The van der Waals surface area contributed by atoms with Crippen molar-refractivity contribution < 1.29 is 18.6 Å². The first-order valence-electron chi connectivity index (χ1n) is 44.8. The second kappa shape index (κ2) is 36.7. The summed E-state index contributed by atoms with van der Waals surface area (Å²) < 4.78 is 25.2. The lowest BCUT2D eigenvalue weighted by molar-refractivity contribution is 0.00578. The fourth-order valence-electron chi connectivity index (χ4n) is 18.2. The largest absolute Gasteiger partial charge is 0.494 e. The first-order valence-corrected chi connectivity index (χ1v) is 45.2. The summed E-state index contributed by atoms with van der Waals surface area (Å²) in [6.45, 7) is 16.8. The summed E-state index contributed by atoms with van der Waals surface area (Å²) in [4.78, 5) is 29.6. The predicted molar refractivity (Wildman–Crippen MR) is 523 cm³/mol. The van der Waals surface area contributed by atoms with Crippen molar-refractivity contribution in [3.8, 4) is 124 Å². The minimum Gasteiger partial charge on any atom is -0.399 e. The van der Waals surface area contributed by atoms with Crippen LogP contribution >= 0.6 is 11.6 Å². The lowest BCUT2D eigenvalue weighted by atomic mass is 9.64. The highest BCUT2D eigenvalue weighted by molar-refractivity contribution is 6.62. The van der Waals surface area contributed by atoms with Crippen LogP contribution in [0.5, 0.6) is 0 Å². The van der Waals surface area contributed by atoms with E-state index in [0.717, 1.165) is 108 Å². The second-order valence-corrected chi connectivity index (χ2v) is 36.5. The van der Waals surface area contributed by atoms with Gasteiger partial charge in [-0.3, -0.25) is 0 Å². The van der Waals surface area contributed by atoms with E-state index < -0.39 is 0 Å². The molecule has 0 unspecified atom stereocenters. The third kappa shape index (κ3) is 18.5. The van der Waals surface area contributed by atoms with Gasteiger partial charge >= 0.3 is 14.2 Å². The summed E-state index contributed by atoms with van der Waals surface area (Å²) in [5.74, 6) is 2.07. The fourth-order valence-corrected chi connectivity index (χ4v) is 18.4. The molecule has 20 rings (SSSR count). The molecule has 628 valence electrons. The average molecular weight is 1680 g/mol. The Labute approximate surface area is 754 Å². The highest BCUT2D eigenvalue weighted by Crippen LogP contribution is 2.49. The van der Waals surface area contributed by atoms with Gasteiger partial charge in [-0.05, 0) is 160 Å². The van der Waals surface area contributed by atoms with Crippen molar-refractivity contribution >= 4 is 36.8 Å². The zero-order valence-electron chi connectivity index (χ0n) is 73.6. The van der Waals surface area contributed by atoms with Crippen LogP contribution in [0.3, 0.4) is 0 Å². The molecule has 2 aliphatic carbocycles. The molecule has 13 heteroatoms. The zero-order valence-corrected chi connectivity index (χ0v) is 74.4. The Balaban J connectivity index is 0.000000149. The standard InChI is InChI=1S/C62H48N4.C30H42B2O4.C22H15ClN2/c1-6-16-44(17-7-1)46-24-28-48(29-25-46)56-42-58(65-60(63-56)52-20-10-3-11-21-52)50-32-36-54(37-33-50)62(40-14-5-15-41-62)55-38-34-51(35-39-55)59-43-57(64-61(66-59)53-22-12-4-13-23-53)49-30-26-47(27-31-49)45-18-8-2-9-19-45;1-26(2)27(3,4)34-31(33-26)24-16-12-22(13-17-24)30(20-10-9-11-21-30)23-14-18-25(19-15-23)32-35-28(5,6)29(7,8)36-32;23-21-15-20(24-22(25-21)19-9-5-2-6-10-19)18-13-11-17(12-14-18)16-7-3-1-4-8-16/h1-4,6-13,16-39,42-43H,5,14-15,40-41H2;12-19H,9-11,20-21H2,1-8H3;1-15H. The number of benzene rings is 13. The van der Waals surface area contributed by atoms with E-state index in [0.29, 0.717) is 11.0 Å². The molecule has 13 aromatic carbocycles. The van der Waals surface area contributed by atoms with Crippen LogP contribution in [0.15, 0.2) is 370 Å². The number of hydrogen-bond donors (Lipinski definition) is 0. The van der Waals surface area contributed by atoms with Crippen LogP contribution < -0.4 is 10.9 Å². The quantitative estimate of drug-likeness (QED) is 0.0645. The minimum atomic E-state index is -0.333. The molecule has 5 heterocycles. The highest BCUT2D eigenvalue weighted by Gasteiger charge is 2.53. The third-order valence-electron chi connectivity index (χ3n) is 27.0. The summed E-state index contributed by atoms with van der Waals surface area (Å²) in [6.07, 6.45) is 12.0. The Hall–Kier alpha value is -12.6. The van der Waals surface area contributed by atoms with E-state index in [2.05, 4.69) is 344 Å². The summed E-state index contributed by atoms with van der Waals surface area (Å²) in [5, 5.41) is 0.441. The molecule has 0 bridgehead atoms. The van der Waals surface area contributed by atoms with Gasteiger partial charge in [0, 0.05) is 61.4 Å². The molecular weight excluding hydrogens is 1570 g/mol. The maximum Gasteiger partial charge on any atom is 0.494 e. The van der Waals surface area contributed by atoms with Gasteiger partial charge in [-0.1, -0.05) is 402 Å². The smallest absolute Gasteiger partial charge is 0.399 e. The number of hydrogen-bond acceptors (Lipinski definition) is 10. The summed E-state index contributed by atoms with van der Waals surface area (Å²) in [6, 6.07) is 130. The number of rotatable bonds is 17. The number of nitrogens with zero attached hydrogens (tertiary/aromatic N) is 6. The summed E-state index contributed by atoms with van der Waals surface area (Å²) in [5.41, 5.74) is 26.0. The van der Waals surface area contributed by atoms with E-state index in [-0.39, 0.29) is 47.5 Å². The Kier molecular flexibility index (Phi) is 24.6. The van der Waals surface area contributed by atoms with Crippen LogP contribution in [0.2, 0.25) is 5.15 Å². The highest BCUT2D eigenvalue weighted by atomic mass is 35.5. The molecular formula is C114H105B2ClN6O4. The van der Waals surface area contributed by atoms with E-state index >= 15 is 0 Å². The molecule has 10 nitrogen and oxygen atoms in total. The maximum absolute atomic E-state index is 6.29. The van der Waals surface area contributed by atoms with Gasteiger partial charge in [-0.15, -0.1) is 0 Å². The van der Waals surface area contributed by atoms with Crippen molar-refractivity contribution in [3.05, 3.63) is 397 Å². The molecule has 4 fully saturated rings. The monoisotopic (exact) mass is 1680 g/mol. The van der Waals surface area contributed by atoms with Crippen molar-refractivity contribution in [3.63, 3.8) is 0 Å². The minimum absolute atomic E-state index is 0.0289. The van der Waals surface area contributed by atoms with Crippen LogP contribution in [0.25, 0.3) is 124 Å². The van der Waals surface area contributed by atoms with E-state index in [1.807, 2.05) is 84.9 Å². The first-order chi connectivity index (χ1) is 61.7. The average Bonchev–Trinajstić information content (AvgIpc) is 1.33. The Morgan fingerprint density at radius 1 is 0.213 bits per heavy atom. The normalized spacial score (nSPS) is 16.3. The Bertz CT molecular complexity index is 6080. The zero-order chi connectivity index (χ0) is 87.2. The molecule has 2 aliphatic heterocycles. The van der Waals surface area contributed by atoms with Gasteiger partial charge in [0.2, 0.25) is 0 Å². The molecule has 2 saturated carbocycles. The molecule has 127 heavy (non-hydrogen) atoms. The molecule has 4 aliphatic rings. The second-order valence-electron chi connectivity index (χ2n) is 36.1. The van der Waals surface area contributed by atoms with E-state index in [1.54, 1.807) is 6.07 Å². The molecule has 2 saturated heterocycles. The van der Waals surface area contributed by atoms with E-state index in [4.69, 9.17) is 50.2 Å². The van der Waals surface area contributed by atoms with Crippen LogP contribution in [0.1, 0.15) is 142 Å². The van der Waals surface area contributed by atoms with E-state index in [9.17, 15) is 0 Å². The van der Waals surface area contributed by atoms with Crippen molar-refractivity contribution in [2.24, 2.45) is 0 Å². The molecule has 3 aromatic heterocycles. The van der Waals surface area contributed by atoms with Gasteiger partial charge in [0.1, 0.15) is 5.15 Å². The van der Waals surface area contributed by atoms with Gasteiger partial charge in [-0.25, -0.2) is 29.9 Å². The topological polar surface area (TPSA) is 114 Å². The van der Waals surface area contributed by atoms with Crippen molar-refractivity contribution in [1.82, 2.24) is 29.9 Å². The molecule has 0 amide bonds.